The van der Waals surface area contributed by atoms with Crippen molar-refractivity contribution in [3.63, 3.8) is 0 Å². The highest BCUT2D eigenvalue weighted by molar-refractivity contribution is 5.96. The number of halogens is 1. The number of rotatable bonds is 5. The van der Waals surface area contributed by atoms with E-state index in [9.17, 15) is 19.3 Å². The van der Waals surface area contributed by atoms with Gasteiger partial charge in [0, 0.05) is 43.4 Å². The van der Waals surface area contributed by atoms with Crippen molar-refractivity contribution in [2.75, 3.05) is 19.0 Å². The second-order valence-corrected chi connectivity index (χ2v) is 6.04. The van der Waals surface area contributed by atoms with Crippen molar-refractivity contribution in [3.05, 3.63) is 75.7 Å². The number of fused-ring (bicyclic) bond motifs is 1. The number of nitrogens with zero attached hydrogens (tertiary/aromatic N) is 3. The van der Waals surface area contributed by atoms with Crippen LogP contribution < -0.4 is 4.90 Å². The van der Waals surface area contributed by atoms with Gasteiger partial charge in [0.05, 0.1) is 21.7 Å². The highest BCUT2D eigenvalue weighted by Crippen LogP contribution is 2.26. The molecule has 3 aromatic rings. The van der Waals surface area contributed by atoms with E-state index >= 15 is 0 Å². The molecule has 0 amide bonds. The third kappa shape index (κ3) is 3.69. The van der Waals surface area contributed by atoms with Crippen molar-refractivity contribution in [1.82, 2.24) is 4.98 Å². The summed E-state index contributed by atoms with van der Waals surface area (Å²) < 4.78 is 19.2. The van der Waals surface area contributed by atoms with Gasteiger partial charge in [-0.15, -0.1) is 0 Å². The molecule has 0 aliphatic carbocycles. The fraction of sp³-hybridized carbons (Fsp3) is 0.158. The smallest absolute Gasteiger partial charge is 0.340 e. The molecule has 0 atom stereocenters. The highest BCUT2D eigenvalue weighted by Gasteiger charge is 2.20. The molecule has 138 valence electrons. The molecular formula is C19H16FN3O4. The van der Waals surface area contributed by atoms with Gasteiger partial charge in [0.25, 0.3) is 5.69 Å². The van der Waals surface area contributed by atoms with Crippen LogP contribution in [0.2, 0.25) is 0 Å². The van der Waals surface area contributed by atoms with Crippen molar-refractivity contribution in [3.8, 4) is 0 Å². The molecule has 0 fully saturated rings. The number of carbonyl (C=O) groups is 1. The van der Waals surface area contributed by atoms with Crippen LogP contribution >= 0.6 is 0 Å². The maximum atomic E-state index is 13.9. The topological polar surface area (TPSA) is 85.6 Å². The molecule has 3 rings (SSSR count). The number of aromatic nitrogens is 1. The summed E-state index contributed by atoms with van der Waals surface area (Å²) in [6, 6.07) is 9.98. The molecule has 7 nitrogen and oxygen atoms in total. The fourth-order valence-corrected chi connectivity index (χ4v) is 2.72. The number of esters is 1. The number of non-ortho nitro benzene ring substituents is 1. The summed E-state index contributed by atoms with van der Waals surface area (Å²) >= 11 is 0. The minimum Gasteiger partial charge on any atom is -0.457 e. The van der Waals surface area contributed by atoms with E-state index < -0.39 is 16.7 Å². The van der Waals surface area contributed by atoms with Crippen molar-refractivity contribution >= 4 is 28.2 Å². The Hall–Kier alpha value is -3.55. The number of ether oxygens (including phenoxy) is 1. The van der Waals surface area contributed by atoms with Gasteiger partial charge < -0.3 is 9.64 Å². The molecule has 1 aromatic heterocycles. The molecule has 8 heteroatoms. The fourth-order valence-electron chi connectivity index (χ4n) is 2.72. The first-order valence-electron chi connectivity index (χ1n) is 8.03. The van der Waals surface area contributed by atoms with Crippen molar-refractivity contribution in [2.24, 2.45) is 0 Å². The van der Waals surface area contributed by atoms with E-state index in [4.69, 9.17) is 4.74 Å². The number of hydrogen-bond donors (Lipinski definition) is 0. The lowest BCUT2D eigenvalue weighted by Gasteiger charge is -2.16. The maximum absolute atomic E-state index is 13.9. The van der Waals surface area contributed by atoms with Crippen LogP contribution in [-0.4, -0.2) is 30.0 Å². The van der Waals surface area contributed by atoms with E-state index in [1.807, 2.05) is 0 Å². The standard InChI is InChI=1S/C19H16FN3O4/c1-22(2)17-8-6-13(23(25)26)10-15(17)19(24)27-11-12-5-7-16(20)14-4-3-9-21-18(12)14/h3-10H,11H2,1-2H3. The molecule has 0 saturated heterocycles. The number of nitro benzene ring substituents is 1. The largest absolute Gasteiger partial charge is 0.457 e. The van der Waals surface area contributed by atoms with Gasteiger partial charge >= 0.3 is 5.97 Å². The van der Waals surface area contributed by atoms with Gasteiger partial charge in [-0.25, -0.2) is 9.18 Å². The van der Waals surface area contributed by atoms with E-state index in [1.54, 1.807) is 31.1 Å². The van der Waals surface area contributed by atoms with Crippen molar-refractivity contribution in [2.45, 2.75) is 6.61 Å². The van der Waals surface area contributed by atoms with Gasteiger partial charge in [0.2, 0.25) is 0 Å². The Morgan fingerprint density at radius 2 is 2.04 bits per heavy atom. The first-order chi connectivity index (χ1) is 12.9. The summed E-state index contributed by atoms with van der Waals surface area (Å²) in [5.41, 5.74) is 1.30. The monoisotopic (exact) mass is 369 g/mol. The molecule has 0 aliphatic heterocycles. The molecule has 0 unspecified atom stereocenters. The number of carbonyl (C=O) groups excluding carboxylic acids is 1. The number of hydrogen-bond acceptors (Lipinski definition) is 6. The van der Waals surface area contributed by atoms with E-state index in [-0.39, 0.29) is 17.9 Å². The quantitative estimate of drug-likeness (QED) is 0.387. The molecule has 1 heterocycles. The Morgan fingerprint density at radius 1 is 1.26 bits per heavy atom. The zero-order valence-corrected chi connectivity index (χ0v) is 14.7. The highest BCUT2D eigenvalue weighted by atomic mass is 19.1. The van der Waals surface area contributed by atoms with E-state index in [1.165, 1.54) is 36.5 Å². The van der Waals surface area contributed by atoms with E-state index in [0.717, 1.165) is 0 Å². The van der Waals surface area contributed by atoms with Crippen LogP contribution in [0.4, 0.5) is 15.8 Å². The van der Waals surface area contributed by atoms with Crippen LogP contribution in [0.5, 0.6) is 0 Å². The lowest BCUT2D eigenvalue weighted by atomic mass is 10.1. The van der Waals surface area contributed by atoms with E-state index in [2.05, 4.69) is 4.98 Å². The Balaban J connectivity index is 1.90. The average molecular weight is 369 g/mol. The van der Waals surface area contributed by atoms with Gasteiger partial charge in [-0.2, -0.15) is 0 Å². The molecule has 0 saturated carbocycles. The Bertz CT molecular complexity index is 1040. The third-order valence-corrected chi connectivity index (χ3v) is 4.05. The second-order valence-electron chi connectivity index (χ2n) is 6.04. The Labute approximate surface area is 154 Å². The summed E-state index contributed by atoms with van der Waals surface area (Å²) in [4.78, 5) is 28.8. The normalized spacial score (nSPS) is 10.6. The molecule has 2 aromatic carbocycles. The number of benzene rings is 2. The zero-order valence-electron chi connectivity index (χ0n) is 14.7. The minimum atomic E-state index is -0.712. The summed E-state index contributed by atoms with van der Waals surface area (Å²) in [6.07, 6.45) is 1.53. The summed E-state index contributed by atoms with van der Waals surface area (Å²) in [5.74, 6) is -1.13. The maximum Gasteiger partial charge on any atom is 0.340 e. The van der Waals surface area contributed by atoms with Gasteiger partial charge in [-0.3, -0.25) is 15.1 Å². The molecule has 0 bridgehead atoms. The van der Waals surface area contributed by atoms with Crippen LogP contribution in [0.15, 0.2) is 48.7 Å². The van der Waals surface area contributed by atoms with Gasteiger partial charge in [0.1, 0.15) is 12.4 Å². The SMILES string of the molecule is CN(C)c1ccc([N+](=O)[O-])cc1C(=O)OCc1ccc(F)c2cccnc12. The van der Waals surface area contributed by atoms with Crippen LogP contribution in [0.25, 0.3) is 10.9 Å². The van der Waals surface area contributed by atoms with Gasteiger partial charge in [0.15, 0.2) is 0 Å². The average Bonchev–Trinajstić information content (AvgIpc) is 2.66. The summed E-state index contributed by atoms with van der Waals surface area (Å²) in [5, 5.41) is 11.3. The van der Waals surface area contributed by atoms with Crippen LogP contribution in [0, 0.1) is 15.9 Å². The Morgan fingerprint density at radius 3 is 2.74 bits per heavy atom. The van der Waals surface area contributed by atoms with Crippen LogP contribution in [0.1, 0.15) is 15.9 Å². The van der Waals surface area contributed by atoms with Gasteiger partial charge in [-0.1, -0.05) is 6.07 Å². The summed E-state index contributed by atoms with van der Waals surface area (Å²) in [7, 11) is 3.44. The molecule has 0 N–H and O–H groups in total. The number of anilines is 1. The summed E-state index contributed by atoms with van der Waals surface area (Å²) in [6.45, 7) is -0.137. The molecular weight excluding hydrogens is 353 g/mol. The van der Waals surface area contributed by atoms with Crippen LogP contribution in [-0.2, 0) is 11.3 Å². The number of nitro groups is 1. The second kappa shape index (κ2) is 7.36. The Kier molecular flexibility index (Phi) is 4.98. The van der Waals surface area contributed by atoms with Crippen LogP contribution in [0.3, 0.4) is 0 Å². The van der Waals surface area contributed by atoms with E-state index in [0.29, 0.717) is 22.2 Å². The van der Waals surface area contributed by atoms with Crippen molar-refractivity contribution in [1.29, 1.82) is 0 Å². The lowest BCUT2D eigenvalue weighted by Crippen LogP contribution is -2.16. The predicted octanol–water partition coefficient (Wildman–Crippen LogP) is 3.71. The minimum absolute atomic E-state index is 0.0774. The predicted molar refractivity (Wildman–Crippen MR) is 98.2 cm³/mol. The third-order valence-electron chi connectivity index (χ3n) is 4.05. The van der Waals surface area contributed by atoms with Crippen molar-refractivity contribution < 1.29 is 18.8 Å². The molecule has 0 spiro atoms. The first kappa shape index (κ1) is 18.2. The molecule has 0 radical (unpaired) electrons. The van der Waals surface area contributed by atoms with Gasteiger partial charge in [-0.05, 0) is 24.3 Å². The first-order valence-corrected chi connectivity index (χ1v) is 8.03. The zero-order chi connectivity index (χ0) is 19.6. The molecule has 0 aliphatic rings. The number of pyridine rings is 1. The lowest BCUT2D eigenvalue weighted by molar-refractivity contribution is -0.384. The molecule has 27 heavy (non-hydrogen) atoms.